The molecule has 9 heteroatoms. The summed E-state index contributed by atoms with van der Waals surface area (Å²) in [6.45, 7) is 1.89. The van der Waals surface area contributed by atoms with Crippen molar-refractivity contribution in [3.63, 3.8) is 0 Å². The van der Waals surface area contributed by atoms with E-state index in [0.717, 1.165) is 22.3 Å². The second-order valence-electron chi connectivity index (χ2n) is 8.47. The van der Waals surface area contributed by atoms with Crippen LogP contribution in [0, 0.1) is 0 Å². The number of thioether (sulfide) groups is 1. The van der Waals surface area contributed by atoms with Gasteiger partial charge in [-0.3, -0.25) is 4.79 Å². The van der Waals surface area contributed by atoms with Crippen LogP contribution in [0.1, 0.15) is 58.4 Å². The van der Waals surface area contributed by atoms with E-state index < -0.39 is 12.3 Å². The number of benzene rings is 2. The molecule has 1 amide bonds. The number of ether oxygens (including phenoxy) is 2. The lowest BCUT2D eigenvalue weighted by Gasteiger charge is -2.36. The van der Waals surface area contributed by atoms with Crippen LogP contribution in [0.4, 0.5) is 0 Å². The van der Waals surface area contributed by atoms with E-state index in [2.05, 4.69) is 10.3 Å². The van der Waals surface area contributed by atoms with Gasteiger partial charge < -0.3 is 25.0 Å². The normalized spacial score (nSPS) is 19.6. The number of hydrogen-bond donors (Lipinski definition) is 3. The van der Waals surface area contributed by atoms with Crippen LogP contribution >= 0.6 is 11.8 Å². The molecule has 0 unspecified atom stereocenters. The van der Waals surface area contributed by atoms with Gasteiger partial charge in [-0.1, -0.05) is 48.5 Å². The van der Waals surface area contributed by atoms with Gasteiger partial charge in [0.25, 0.3) is 0 Å². The summed E-state index contributed by atoms with van der Waals surface area (Å²) in [5.41, 5.74) is 3.76. The van der Waals surface area contributed by atoms with Crippen molar-refractivity contribution in [3.05, 3.63) is 94.7 Å². The van der Waals surface area contributed by atoms with E-state index in [1.807, 2.05) is 48.5 Å². The van der Waals surface area contributed by atoms with Gasteiger partial charge in [0, 0.05) is 37.4 Å². The molecule has 0 bridgehead atoms. The summed E-state index contributed by atoms with van der Waals surface area (Å²) in [7, 11) is 0. The fraction of sp³-hybridized carbons (Fsp3) is 0.296. The number of carbonyl (C=O) groups is 2. The zero-order valence-electron chi connectivity index (χ0n) is 19.8. The van der Waals surface area contributed by atoms with E-state index >= 15 is 0 Å². The molecule has 1 aliphatic heterocycles. The van der Waals surface area contributed by atoms with Crippen LogP contribution in [0.25, 0.3) is 0 Å². The first kappa shape index (κ1) is 25.8. The molecule has 2 heterocycles. The largest absolute Gasteiger partial charge is 0.478 e. The van der Waals surface area contributed by atoms with E-state index in [-0.39, 0.29) is 30.3 Å². The van der Waals surface area contributed by atoms with Gasteiger partial charge in [0.05, 0.1) is 24.4 Å². The number of hydrogen-bond acceptors (Lipinski definition) is 7. The predicted octanol–water partition coefficient (Wildman–Crippen LogP) is 4.25. The Morgan fingerprint density at radius 3 is 2.39 bits per heavy atom. The van der Waals surface area contributed by atoms with Crippen LogP contribution in [-0.4, -0.2) is 38.9 Å². The summed E-state index contributed by atoms with van der Waals surface area (Å²) in [6.07, 6.45) is 1.07. The number of aliphatic hydroxyl groups excluding tert-OH is 1. The first-order valence-electron chi connectivity index (χ1n) is 11.6. The minimum atomic E-state index is -1.02. The molecule has 0 spiro atoms. The third-order valence-electron chi connectivity index (χ3n) is 5.82. The highest BCUT2D eigenvalue weighted by Gasteiger charge is 2.32. The van der Waals surface area contributed by atoms with Crippen molar-refractivity contribution in [3.8, 4) is 0 Å². The number of pyridine rings is 1. The quantitative estimate of drug-likeness (QED) is 0.367. The molecule has 0 saturated carbocycles. The number of aromatic carboxylic acids is 1. The molecule has 0 radical (unpaired) electrons. The molecule has 1 fully saturated rings. The Balaban J connectivity index is 1.52. The average molecular weight is 509 g/mol. The minimum Gasteiger partial charge on any atom is -0.478 e. The monoisotopic (exact) mass is 508 g/mol. The van der Waals surface area contributed by atoms with Gasteiger partial charge in [-0.15, -0.1) is 11.8 Å². The maximum atomic E-state index is 11.6. The molecule has 2 aromatic carbocycles. The third-order valence-corrected chi connectivity index (χ3v) is 6.95. The number of carbonyl (C=O) groups excluding carboxylic acids is 1. The van der Waals surface area contributed by atoms with E-state index in [0.29, 0.717) is 23.7 Å². The van der Waals surface area contributed by atoms with Gasteiger partial charge in [-0.25, -0.2) is 9.78 Å². The Morgan fingerprint density at radius 1 is 1.03 bits per heavy atom. The summed E-state index contributed by atoms with van der Waals surface area (Å²) >= 11 is 1.35. The predicted molar refractivity (Wildman–Crippen MR) is 134 cm³/mol. The van der Waals surface area contributed by atoms with Gasteiger partial charge in [-0.2, -0.15) is 0 Å². The zero-order chi connectivity index (χ0) is 25.5. The molecule has 1 saturated heterocycles. The first-order chi connectivity index (χ1) is 17.4. The van der Waals surface area contributed by atoms with Crippen molar-refractivity contribution in [2.24, 2.45) is 0 Å². The summed E-state index contributed by atoms with van der Waals surface area (Å²) in [6, 6.07) is 18.5. The smallest absolute Gasteiger partial charge is 0.338 e. The number of amides is 1. The lowest BCUT2D eigenvalue weighted by atomic mass is 10.0. The highest BCUT2D eigenvalue weighted by Crippen LogP contribution is 2.39. The Kier molecular flexibility index (Phi) is 8.71. The van der Waals surface area contributed by atoms with E-state index in [9.17, 15) is 19.8 Å². The van der Waals surface area contributed by atoms with E-state index in [1.54, 1.807) is 18.3 Å². The molecule has 1 aromatic heterocycles. The Hall–Kier alpha value is -3.24. The summed E-state index contributed by atoms with van der Waals surface area (Å²) < 4.78 is 12.6. The van der Waals surface area contributed by atoms with Crippen molar-refractivity contribution in [2.45, 2.75) is 50.0 Å². The van der Waals surface area contributed by atoms with Gasteiger partial charge in [0.2, 0.25) is 5.91 Å². The van der Waals surface area contributed by atoms with Crippen molar-refractivity contribution >= 4 is 23.6 Å². The van der Waals surface area contributed by atoms with Crippen molar-refractivity contribution in [2.75, 3.05) is 5.75 Å². The zero-order valence-corrected chi connectivity index (χ0v) is 20.6. The second-order valence-corrected chi connectivity index (χ2v) is 9.48. The number of aromatic nitrogens is 1. The molecule has 3 atom stereocenters. The topological polar surface area (TPSA) is 118 Å². The fourth-order valence-electron chi connectivity index (χ4n) is 3.88. The van der Waals surface area contributed by atoms with E-state index in [4.69, 9.17) is 9.47 Å². The Labute approximate surface area is 213 Å². The maximum absolute atomic E-state index is 11.6. The van der Waals surface area contributed by atoms with E-state index in [1.165, 1.54) is 18.7 Å². The standard InChI is InChI=1S/C27H28N2O6S/c1-17(31)29-14-18-4-10-21(11-5-18)27-34-22(16-36-25-23(26(32)33)3-2-12-28-25)13-24(35-27)20-8-6-19(15-30)7-9-20/h2-12,22,24,27,30H,13-16H2,1H3,(H,29,31)(H,32,33)/t22-,24+,27+/m0/s1. The Bertz CT molecular complexity index is 1190. The van der Waals surface area contributed by atoms with Gasteiger partial charge in [-0.05, 0) is 28.8 Å². The van der Waals surface area contributed by atoms with Crippen molar-refractivity contribution < 1.29 is 29.3 Å². The average Bonchev–Trinajstić information content (AvgIpc) is 2.91. The molecule has 188 valence electrons. The molecule has 4 rings (SSSR count). The third kappa shape index (κ3) is 6.70. The van der Waals surface area contributed by atoms with Crippen LogP contribution in [0.3, 0.4) is 0 Å². The molecule has 3 N–H and O–H groups in total. The molecule has 8 nitrogen and oxygen atoms in total. The highest BCUT2D eigenvalue weighted by atomic mass is 32.2. The highest BCUT2D eigenvalue weighted by molar-refractivity contribution is 7.99. The molecule has 36 heavy (non-hydrogen) atoms. The molecule has 3 aromatic rings. The van der Waals surface area contributed by atoms with Gasteiger partial charge >= 0.3 is 5.97 Å². The van der Waals surface area contributed by atoms with Crippen molar-refractivity contribution in [1.82, 2.24) is 10.3 Å². The number of nitrogens with one attached hydrogen (secondary N) is 1. The fourth-order valence-corrected chi connectivity index (χ4v) is 4.89. The molecular weight excluding hydrogens is 480 g/mol. The van der Waals surface area contributed by atoms with Crippen LogP contribution < -0.4 is 5.32 Å². The van der Waals surface area contributed by atoms with Crippen molar-refractivity contribution in [1.29, 1.82) is 0 Å². The first-order valence-corrected chi connectivity index (χ1v) is 12.6. The number of carboxylic acids is 1. The SMILES string of the molecule is CC(=O)NCc1ccc([C@@H]2O[C@H](CSc3ncccc3C(=O)O)C[C@H](c3ccc(CO)cc3)O2)cc1. The maximum Gasteiger partial charge on any atom is 0.338 e. The molecule has 1 aliphatic rings. The number of carboxylic acid groups (broad SMARTS) is 1. The van der Waals surface area contributed by atoms with Crippen LogP contribution in [-0.2, 0) is 27.4 Å². The number of aliphatic hydroxyl groups is 1. The number of nitrogens with zero attached hydrogens (tertiary/aromatic N) is 1. The second kappa shape index (κ2) is 12.1. The van der Waals surface area contributed by atoms with Gasteiger partial charge in [0.15, 0.2) is 6.29 Å². The summed E-state index contributed by atoms with van der Waals surface area (Å²) in [4.78, 5) is 27.0. The van der Waals surface area contributed by atoms with Crippen LogP contribution in [0.5, 0.6) is 0 Å². The van der Waals surface area contributed by atoms with Crippen LogP contribution in [0.15, 0.2) is 71.9 Å². The lowest BCUT2D eigenvalue weighted by Crippen LogP contribution is -2.31. The van der Waals surface area contributed by atoms with Crippen LogP contribution in [0.2, 0.25) is 0 Å². The summed E-state index contributed by atoms with van der Waals surface area (Å²) in [5.74, 6) is -0.604. The van der Waals surface area contributed by atoms with Gasteiger partial charge in [0.1, 0.15) is 5.03 Å². The number of rotatable bonds is 9. The molecular formula is C27H28N2O6S. The Morgan fingerprint density at radius 2 is 1.72 bits per heavy atom. The minimum absolute atomic E-state index is 0.0301. The lowest BCUT2D eigenvalue weighted by molar-refractivity contribution is -0.245. The summed E-state index contributed by atoms with van der Waals surface area (Å²) in [5, 5.41) is 22.1. The molecule has 0 aliphatic carbocycles.